The predicted octanol–water partition coefficient (Wildman–Crippen LogP) is 1.80. The molecule has 2 saturated heterocycles. The van der Waals surface area contributed by atoms with E-state index in [1.165, 1.54) is 0 Å². The Hall–Kier alpha value is -2.02. The first-order valence-corrected chi connectivity index (χ1v) is 8.57. The topological polar surface area (TPSA) is 60.9 Å². The largest absolute Gasteiger partial charge is 0.395 e. The van der Waals surface area contributed by atoms with Gasteiger partial charge in [0.15, 0.2) is 0 Å². The van der Waals surface area contributed by atoms with Gasteiger partial charge in [-0.25, -0.2) is 8.78 Å². The van der Waals surface area contributed by atoms with Gasteiger partial charge in [0.2, 0.25) is 5.91 Å². The third-order valence-corrected chi connectivity index (χ3v) is 5.39. The van der Waals surface area contributed by atoms with Gasteiger partial charge in [0.05, 0.1) is 12.2 Å². The minimum absolute atomic E-state index is 0.0552. The van der Waals surface area contributed by atoms with Crippen LogP contribution >= 0.6 is 0 Å². The lowest BCUT2D eigenvalue weighted by molar-refractivity contribution is -0.139. The summed E-state index contributed by atoms with van der Waals surface area (Å²) >= 11 is 0. The van der Waals surface area contributed by atoms with Crippen molar-refractivity contribution in [2.24, 2.45) is 5.41 Å². The van der Waals surface area contributed by atoms with Crippen LogP contribution in [0.5, 0.6) is 0 Å². The Morgan fingerprint density at radius 2 is 1.92 bits per heavy atom. The quantitative estimate of drug-likeness (QED) is 0.902. The van der Waals surface area contributed by atoms with Crippen LogP contribution in [0.15, 0.2) is 18.2 Å². The van der Waals surface area contributed by atoms with Gasteiger partial charge in [0, 0.05) is 32.6 Å². The molecular weight excluding hydrogens is 330 g/mol. The second-order valence-electron chi connectivity index (χ2n) is 6.96. The van der Waals surface area contributed by atoms with Crippen molar-refractivity contribution in [2.45, 2.75) is 25.7 Å². The van der Waals surface area contributed by atoms with E-state index in [1.54, 1.807) is 9.80 Å². The minimum atomic E-state index is -0.718. The molecule has 2 heterocycles. The summed E-state index contributed by atoms with van der Waals surface area (Å²) in [4.78, 5) is 27.6. The number of amides is 2. The number of hydrogen-bond donors (Lipinski definition) is 1. The molecule has 1 aromatic carbocycles. The first-order valence-electron chi connectivity index (χ1n) is 8.57. The number of nitrogens with zero attached hydrogens (tertiary/aromatic N) is 2. The van der Waals surface area contributed by atoms with E-state index in [0.29, 0.717) is 45.4 Å². The Balaban J connectivity index is 1.66. The Bertz CT molecular complexity index is 672. The van der Waals surface area contributed by atoms with E-state index >= 15 is 0 Å². The Morgan fingerprint density at radius 1 is 1.20 bits per heavy atom. The molecule has 7 heteroatoms. The molecule has 2 fully saturated rings. The predicted molar refractivity (Wildman–Crippen MR) is 86.8 cm³/mol. The third-order valence-electron chi connectivity index (χ3n) is 5.39. The van der Waals surface area contributed by atoms with Crippen molar-refractivity contribution in [1.29, 1.82) is 0 Å². The van der Waals surface area contributed by atoms with Gasteiger partial charge >= 0.3 is 0 Å². The fraction of sp³-hybridized carbons (Fsp3) is 0.556. The Labute approximate surface area is 145 Å². The van der Waals surface area contributed by atoms with Crippen LogP contribution in [-0.2, 0) is 4.79 Å². The molecule has 0 atom stereocenters. The summed E-state index contributed by atoms with van der Waals surface area (Å²) in [6.45, 7) is 1.76. The monoisotopic (exact) mass is 352 g/mol. The summed E-state index contributed by atoms with van der Waals surface area (Å²) in [6, 6.07) is 2.89. The summed E-state index contributed by atoms with van der Waals surface area (Å²) in [7, 11) is 0. The maximum atomic E-state index is 13.8. The highest BCUT2D eigenvalue weighted by Crippen LogP contribution is 2.40. The molecule has 0 bridgehead atoms. The summed E-state index contributed by atoms with van der Waals surface area (Å²) in [5.74, 6) is -1.79. The second kappa shape index (κ2) is 7.07. The molecule has 1 N–H and O–H groups in total. The first kappa shape index (κ1) is 17.8. The van der Waals surface area contributed by atoms with E-state index in [-0.39, 0.29) is 23.5 Å². The zero-order valence-electron chi connectivity index (χ0n) is 14.0. The molecular formula is C18H22F2N2O3. The molecule has 5 nitrogen and oxygen atoms in total. The highest BCUT2D eigenvalue weighted by atomic mass is 19.1. The number of β-amino-alcohol motifs (C(OH)–C–C–N with tert-alkyl or cyclic N) is 1. The normalized spacial score (nSPS) is 20.2. The maximum absolute atomic E-state index is 13.8. The van der Waals surface area contributed by atoms with Gasteiger partial charge in [0.1, 0.15) is 11.6 Å². The molecule has 0 aliphatic carbocycles. The molecule has 25 heavy (non-hydrogen) atoms. The number of benzene rings is 1. The highest BCUT2D eigenvalue weighted by Gasteiger charge is 2.41. The number of halogens is 2. The third kappa shape index (κ3) is 3.66. The zero-order valence-corrected chi connectivity index (χ0v) is 14.0. The van der Waals surface area contributed by atoms with Crippen molar-refractivity contribution in [3.8, 4) is 0 Å². The maximum Gasteiger partial charge on any atom is 0.256 e. The van der Waals surface area contributed by atoms with E-state index in [1.807, 2.05) is 0 Å². The number of rotatable bonds is 3. The lowest BCUT2D eigenvalue weighted by Crippen LogP contribution is -2.52. The fourth-order valence-electron chi connectivity index (χ4n) is 3.85. The van der Waals surface area contributed by atoms with Gasteiger partial charge in [-0.05, 0) is 42.9 Å². The molecule has 0 unspecified atom stereocenters. The molecule has 0 saturated carbocycles. The molecule has 1 aromatic rings. The number of aliphatic hydroxyl groups excluding tert-OH is 1. The molecule has 2 amide bonds. The molecule has 3 rings (SSSR count). The summed E-state index contributed by atoms with van der Waals surface area (Å²) in [5.41, 5.74) is -0.294. The van der Waals surface area contributed by atoms with Crippen molar-refractivity contribution in [1.82, 2.24) is 9.80 Å². The zero-order chi connectivity index (χ0) is 18.0. The van der Waals surface area contributed by atoms with Crippen LogP contribution in [0.25, 0.3) is 0 Å². The lowest BCUT2D eigenvalue weighted by Gasteiger charge is -2.47. The molecule has 2 aliphatic rings. The van der Waals surface area contributed by atoms with Crippen molar-refractivity contribution in [2.75, 3.05) is 32.8 Å². The van der Waals surface area contributed by atoms with Crippen molar-refractivity contribution in [3.05, 3.63) is 35.4 Å². The molecule has 2 aliphatic heterocycles. The fourth-order valence-corrected chi connectivity index (χ4v) is 3.85. The highest BCUT2D eigenvalue weighted by molar-refractivity contribution is 5.94. The minimum Gasteiger partial charge on any atom is -0.395 e. The summed E-state index contributed by atoms with van der Waals surface area (Å²) in [6.07, 6.45) is 2.65. The van der Waals surface area contributed by atoms with Gasteiger partial charge in [-0.3, -0.25) is 9.59 Å². The van der Waals surface area contributed by atoms with Crippen LogP contribution in [0.3, 0.4) is 0 Å². The first-order chi connectivity index (χ1) is 11.9. The van der Waals surface area contributed by atoms with E-state index in [2.05, 4.69) is 0 Å². The van der Waals surface area contributed by atoms with Crippen LogP contribution in [-0.4, -0.2) is 59.5 Å². The number of likely N-dealkylation sites (tertiary alicyclic amines) is 2. The average molecular weight is 352 g/mol. The van der Waals surface area contributed by atoms with Gasteiger partial charge in [-0.15, -0.1) is 0 Å². The van der Waals surface area contributed by atoms with Crippen LogP contribution in [0.2, 0.25) is 0 Å². The number of piperidine rings is 2. The lowest BCUT2D eigenvalue weighted by atomic mass is 9.72. The molecule has 136 valence electrons. The van der Waals surface area contributed by atoms with E-state index in [0.717, 1.165) is 24.6 Å². The van der Waals surface area contributed by atoms with E-state index in [4.69, 9.17) is 5.11 Å². The molecule has 0 aromatic heterocycles. The summed E-state index contributed by atoms with van der Waals surface area (Å²) in [5, 5.41) is 9.10. The number of hydrogen-bond acceptors (Lipinski definition) is 3. The van der Waals surface area contributed by atoms with Crippen LogP contribution in [0.4, 0.5) is 8.78 Å². The SMILES string of the molecule is O=C1CCC2(CCN(C(=O)c3cc(F)ccc3F)CC2)CN1CCO. The van der Waals surface area contributed by atoms with Crippen molar-refractivity contribution >= 4 is 11.8 Å². The van der Waals surface area contributed by atoms with Gasteiger partial charge in [0.25, 0.3) is 5.91 Å². The van der Waals surface area contributed by atoms with Crippen LogP contribution in [0, 0.1) is 17.0 Å². The van der Waals surface area contributed by atoms with E-state index < -0.39 is 17.5 Å². The summed E-state index contributed by atoms with van der Waals surface area (Å²) < 4.78 is 27.1. The standard InChI is InChI=1S/C18H22F2N2O3/c19-13-1-2-15(20)14(11-13)17(25)21-7-5-18(6-8-21)4-3-16(24)22(12-18)9-10-23/h1-2,11,23H,3-10,12H2. The number of carbonyl (C=O) groups excluding carboxylic acids is 2. The van der Waals surface area contributed by atoms with Gasteiger partial charge in [-0.2, -0.15) is 0 Å². The van der Waals surface area contributed by atoms with Crippen LogP contribution < -0.4 is 0 Å². The Morgan fingerprint density at radius 3 is 2.60 bits per heavy atom. The Kier molecular flexibility index (Phi) is 5.03. The smallest absolute Gasteiger partial charge is 0.256 e. The van der Waals surface area contributed by atoms with E-state index in [9.17, 15) is 18.4 Å². The number of carbonyl (C=O) groups is 2. The van der Waals surface area contributed by atoms with Gasteiger partial charge < -0.3 is 14.9 Å². The van der Waals surface area contributed by atoms with Crippen LogP contribution in [0.1, 0.15) is 36.0 Å². The van der Waals surface area contributed by atoms with Gasteiger partial charge in [-0.1, -0.05) is 0 Å². The van der Waals surface area contributed by atoms with Crippen molar-refractivity contribution < 1.29 is 23.5 Å². The molecule has 1 spiro atoms. The number of aliphatic hydroxyl groups is 1. The average Bonchev–Trinajstić information content (AvgIpc) is 2.61. The molecule has 0 radical (unpaired) electrons. The second-order valence-corrected chi connectivity index (χ2v) is 6.96. The van der Waals surface area contributed by atoms with Crippen molar-refractivity contribution in [3.63, 3.8) is 0 Å².